The number of aliphatic hydroxyl groups is 4. The molecule has 0 aromatic carbocycles. The minimum absolute atomic E-state index is 0.0742. The molecule has 0 amide bonds. The van der Waals surface area contributed by atoms with E-state index in [1.54, 1.807) is 0 Å². The van der Waals surface area contributed by atoms with E-state index in [1.807, 2.05) is 0 Å². The Kier molecular flexibility index (Phi) is 5.09. The monoisotopic (exact) mass is 192 g/mol. The first kappa shape index (κ1) is 12.5. The zero-order chi connectivity index (χ0) is 10.6. The second kappa shape index (κ2) is 5.29. The maximum atomic E-state index is 10.9. The van der Waals surface area contributed by atoms with Crippen molar-refractivity contribution in [2.24, 2.45) is 0 Å². The summed E-state index contributed by atoms with van der Waals surface area (Å²) < 4.78 is 0. The Labute approximate surface area is 76.6 Å². The van der Waals surface area contributed by atoms with Crippen LogP contribution >= 0.6 is 0 Å². The molecule has 78 valence electrons. The maximum absolute atomic E-state index is 10.9. The number of Topliss-reactive ketones (excluding diaryl/α,β-unsaturated/α-hetero) is 1. The molecule has 13 heavy (non-hydrogen) atoms. The van der Waals surface area contributed by atoms with Crippen molar-refractivity contribution in [3.05, 3.63) is 0 Å². The summed E-state index contributed by atoms with van der Waals surface area (Å²) in [7, 11) is 0. The molecule has 0 saturated heterocycles. The van der Waals surface area contributed by atoms with Gasteiger partial charge in [-0.1, -0.05) is 6.92 Å². The van der Waals surface area contributed by atoms with Crippen LogP contribution in [-0.4, -0.2) is 50.6 Å². The molecule has 0 radical (unpaired) electrons. The van der Waals surface area contributed by atoms with Gasteiger partial charge in [-0.3, -0.25) is 4.79 Å². The molecular weight excluding hydrogens is 176 g/mol. The number of hydrogen-bond acceptors (Lipinski definition) is 5. The van der Waals surface area contributed by atoms with Gasteiger partial charge in [0.05, 0.1) is 6.10 Å². The molecule has 0 aromatic heterocycles. The standard InChI is InChI=1S/C8H16O5/c1-3-5(10)7(12)8(13)6(11)4(2)9/h4,6-9,11-13H,3H2,1-2H3. The quantitative estimate of drug-likeness (QED) is 0.422. The number of rotatable bonds is 5. The molecule has 5 nitrogen and oxygen atoms in total. The fourth-order valence-electron chi connectivity index (χ4n) is 0.872. The molecule has 0 aliphatic rings. The van der Waals surface area contributed by atoms with Crippen LogP contribution in [0.5, 0.6) is 0 Å². The van der Waals surface area contributed by atoms with Gasteiger partial charge in [0, 0.05) is 6.42 Å². The number of carbonyl (C=O) groups excluding carboxylic acids is 1. The van der Waals surface area contributed by atoms with E-state index in [0.717, 1.165) is 0 Å². The predicted molar refractivity (Wildman–Crippen MR) is 45.0 cm³/mol. The third kappa shape index (κ3) is 3.40. The van der Waals surface area contributed by atoms with E-state index in [1.165, 1.54) is 13.8 Å². The first-order chi connectivity index (χ1) is 5.91. The Hall–Kier alpha value is -0.490. The molecule has 0 aliphatic heterocycles. The highest BCUT2D eigenvalue weighted by Crippen LogP contribution is 2.06. The van der Waals surface area contributed by atoms with Crippen molar-refractivity contribution in [3.8, 4) is 0 Å². The van der Waals surface area contributed by atoms with Crippen LogP contribution in [0, 0.1) is 0 Å². The average Bonchev–Trinajstić information content (AvgIpc) is 2.12. The van der Waals surface area contributed by atoms with Gasteiger partial charge in [0.15, 0.2) is 5.78 Å². The van der Waals surface area contributed by atoms with Gasteiger partial charge in [-0.05, 0) is 6.92 Å². The zero-order valence-corrected chi connectivity index (χ0v) is 7.71. The fraction of sp³-hybridized carbons (Fsp3) is 0.875. The van der Waals surface area contributed by atoms with Crippen molar-refractivity contribution in [1.29, 1.82) is 0 Å². The molecule has 0 heterocycles. The summed E-state index contributed by atoms with van der Waals surface area (Å²) in [6.45, 7) is 2.80. The van der Waals surface area contributed by atoms with Crippen LogP contribution in [0.2, 0.25) is 0 Å². The molecule has 0 saturated carbocycles. The lowest BCUT2D eigenvalue weighted by molar-refractivity contribution is -0.143. The Balaban J connectivity index is 4.24. The van der Waals surface area contributed by atoms with Crippen LogP contribution in [0.15, 0.2) is 0 Å². The Morgan fingerprint density at radius 3 is 1.92 bits per heavy atom. The molecule has 4 N–H and O–H groups in total. The van der Waals surface area contributed by atoms with Gasteiger partial charge in [0.25, 0.3) is 0 Å². The van der Waals surface area contributed by atoms with E-state index >= 15 is 0 Å². The van der Waals surface area contributed by atoms with Gasteiger partial charge in [0.2, 0.25) is 0 Å². The zero-order valence-electron chi connectivity index (χ0n) is 7.71. The summed E-state index contributed by atoms with van der Waals surface area (Å²) in [6.07, 6.45) is -5.88. The van der Waals surface area contributed by atoms with E-state index < -0.39 is 30.2 Å². The van der Waals surface area contributed by atoms with Gasteiger partial charge in [-0.2, -0.15) is 0 Å². The van der Waals surface area contributed by atoms with E-state index in [9.17, 15) is 9.90 Å². The first-order valence-corrected chi connectivity index (χ1v) is 4.16. The molecule has 0 spiro atoms. The number of aliphatic hydroxyl groups excluding tert-OH is 4. The summed E-state index contributed by atoms with van der Waals surface area (Å²) >= 11 is 0. The minimum Gasteiger partial charge on any atom is -0.391 e. The Morgan fingerprint density at radius 1 is 1.15 bits per heavy atom. The van der Waals surface area contributed by atoms with Gasteiger partial charge >= 0.3 is 0 Å². The number of ketones is 1. The molecule has 4 atom stereocenters. The molecule has 5 heteroatoms. The van der Waals surface area contributed by atoms with E-state index in [2.05, 4.69) is 0 Å². The van der Waals surface area contributed by atoms with Gasteiger partial charge in [0.1, 0.15) is 18.3 Å². The van der Waals surface area contributed by atoms with Crippen molar-refractivity contribution in [2.45, 2.75) is 44.7 Å². The van der Waals surface area contributed by atoms with Crippen LogP contribution in [0.3, 0.4) is 0 Å². The van der Waals surface area contributed by atoms with Crippen LogP contribution in [0.4, 0.5) is 0 Å². The van der Waals surface area contributed by atoms with Crippen molar-refractivity contribution < 1.29 is 25.2 Å². The van der Waals surface area contributed by atoms with Crippen LogP contribution in [0.25, 0.3) is 0 Å². The summed E-state index contributed by atoms with van der Waals surface area (Å²) in [5, 5.41) is 36.3. The highest BCUT2D eigenvalue weighted by atomic mass is 16.4. The van der Waals surface area contributed by atoms with Crippen molar-refractivity contribution in [2.75, 3.05) is 0 Å². The SMILES string of the molecule is CCC(=O)C(O)C(O)C(O)C(C)O. The average molecular weight is 192 g/mol. The molecule has 0 aromatic rings. The van der Waals surface area contributed by atoms with Crippen molar-refractivity contribution in [3.63, 3.8) is 0 Å². The van der Waals surface area contributed by atoms with Crippen LogP contribution < -0.4 is 0 Å². The summed E-state index contributed by atoms with van der Waals surface area (Å²) in [5.41, 5.74) is 0. The number of hydrogen-bond donors (Lipinski definition) is 4. The predicted octanol–water partition coefficient (Wildman–Crippen LogP) is -1.57. The summed E-state index contributed by atoms with van der Waals surface area (Å²) in [6, 6.07) is 0. The molecule has 0 aliphatic carbocycles. The lowest BCUT2D eigenvalue weighted by Crippen LogP contribution is -2.46. The normalized spacial score (nSPS) is 20.5. The third-order valence-electron chi connectivity index (χ3n) is 1.85. The van der Waals surface area contributed by atoms with Gasteiger partial charge in [-0.15, -0.1) is 0 Å². The lowest BCUT2D eigenvalue weighted by atomic mass is 10.00. The second-order valence-electron chi connectivity index (χ2n) is 2.99. The lowest BCUT2D eigenvalue weighted by Gasteiger charge is -2.23. The largest absolute Gasteiger partial charge is 0.391 e. The third-order valence-corrected chi connectivity index (χ3v) is 1.85. The highest BCUT2D eigenvalue weighted by Gasteiger charge is 2.31. The van der Waals surface area contributed by atoms with Crippen molar-refractivity contribution >= 4 is 5.78 Å². The fourth-order valence-corrected chi connectivity index (χ4v) is 0.872. The van der Waals surface area contributed by atoms with E-state index in [4.69, 9.17) is 15.3 Å². The molecule has 4 unspecified atom stereocenters. The molecule has 0 fully saturated rings. The van der Waals surface area contributed by atoms with Crippen molar-refractivity contribution in [1.82, 2.24) is 0 Å². The summed E-state index contributed by atoms with van der Waals surface area (Å²) in [4.78, 5) is 10.9. The summed E-state index contributed by atoms with van der Waals surface area (Å²) in [5.74, 6) is -0.563. The smallest absolute Gasteiger partial charge is 0.163 e. The van der Waals surface area contributed by atoms with E-state index in [0.29, 0.717) is 0 Å². The van der Waals surface area contributed by atoms with Crippen LogP contribution in [0.1, 0.15) is 20.3 Å². The van der Waals surface area contributed by atoms with E-state index in [-0.39, 0.29) is 6.42 Å². The topological polar surface area (TPSA) is 98.0 Å². The molecule has 0 bridgehead atoms. The number of carbonyl (C=O) groups is 1. The van der Waals surface area contributed by atoms with Gasteiger partial charge in [-0.25, -0.2) is 0 Å². The Bertz CT molecular complexity index is 168. The molecular formula is C8H16O5. The second-order valence-corrected chi connectivity index (χ2v) is 2.99. The first-order valence-electron chi connectivity index (χ1n) is 4.16. The maximum Gasteiger partial charge on any atom is 0.163 e. The highest BCUT2D eigenvalue weighted by molar-refractivity contribution is 5.83. The Morgan fingerprint density at radius 2 is 1.62 bits per heavy atom. The van der Waals surface area contributed by atoms with Gasteiger partial charge < -0.3 is 20.4 Å². The minimum atomic E-state index is -1.63. The molecule has 0 rings (SSSR count). The van der Waals surface area contributed by atoms with Crippen LogP contribution in [-0.2, 0) is 4.79 Å².